The molecule has 0 aliphatic carbocycles. The first kappa shape index (κ1) is 30.9. The van der Waals surface area contributed by atoms with Crippen LogP contribution in [0.1, 0.15) is 51.3 Å². The van der Waals surface area contributed by atoms with Gasteiger partial charge in [0, 0.05) is 49.5 Å². The quantitative estimate of drug-likeness (QED) is 0.179. The number of amides is 2. The normalized spacial score (nSPS) is 15.9. The molecule has 0 radical (unpaired) electrons. The standard InChI is InChI=1S/C34H39N5O5/c1-22(2)39(44-19-18-38-16-14-35-15-17-38)33(41)25-10-12-26(13-11-25)36-31(24-8-6-5-7-9-24)30-28-20-23(3)27(34(42)43-4)21-29(28)37-32(30)40/h5-13,20-22,35-36H,14-19H2,1-4H3,(H,37,40)/b31-30-. The molecule has 0 bridgehead atoms. The zero-order chi connectivity index (χ0) is 31.2. The third-order valence-corrected chi connectivity index (χ3v) is 7.74. The van der Waals surface area contributed by atoms with Gasteiger partial charge < -0.3 is 20.7 Å². The zero-order valence-corrected chi connectivity index (χ0v) is 25.6. The van der Waals surface area contributed by atoms with Gasteiger partial charge in [-0.05, 0) is 68.3 Å². The van der Waals surface area contributed by atoms with E-state index in [1.54, 1.807) is 18.2 Å². The van der Waals surface area contributed by atoms with E-state index in [0.29, 0.717) is 51.5 Å². The number of ether oxygens (including phenoxy) is 1. The van der Waals surface area contributed by atoms with Crippen molar-refractivity contribution in [1.29, 1.82) is 0 Å². The molecule has 230 valence electrons. The third kappa shape index (κ3) is 6.83. The van der Waals surface area contributed by atoms with Crippen molar-refractivity contribution in [2.75, 3.05) is 57.1 Å². The second-order valence-electron chi connectivity index (χ2n) is 11.1. The molecule has 3 aromatic carbocycles. The maximum atomic E-state index is 13.4. The van der Waals surface area contributed by atoms with Gasteiger partial charge in [-0.2, -0.15) is 0 Å². The smallest absolute Gasteiger partial charge is 0.338 e. The monoisotopic (exact) mass is 597 g/mol. The highest BCUT2D eigenvalue weighted by atomic mass is 16.7. The van der Waals surface area contributed by atoms with E-state index in [0.717, 1.165) is 38.3 Å². The van der Waals surface area contributed by atoms with E-state index in [-0.39, 0.29) is 17.9 Å². The Morgan fingerprint density at radius 3 is 2.36 bits per heavy atom. The minimum Gasteiger partial charge on any atom is -0.465 e. The molecule has 2 aliphatic heterocycles. The number of carbonyl (C=O) groups is 3. The molecule has 3 N–H and O–H groups in total. The van der Waals surface area contributed by atoms with Crippen LogP contribution in [0.15, 0.2) is 66.7 Å². The van der Waals surface area contributed by atoms with Crippen molar-refractivity contribution in [2.24, 2.45) is 0 Å². The van der Waals surface area contributed by atoms with Gasteiger partial charge in [-0.1, -0.05) is 30.3 Å². The number of nitrogens with zero attached hydrogens (tertiary/aromatic N) is 2. The van der Waals surface area contributed by atoms with Gasteiger partial charge in [0.1, 0.15) is 0 Å². The molecule has 1 fully saturated rings. The molecule has 2 amide bonds. The van der Waals surface area contributed by atoms with Crippen LogP contribution in [0.4, 0.5) is 11.4 Å². The van der Waals surface area contributed by atoms with Crippen LogP contribution < -0.4 is 16.0 Å². The molecule has 3 aromatic rings. The number of anilines is 2. The van der Waals surface area contributed by atoms with E-state index in [9.17, 15) is 14.4 Å². The number of hydroxylamine groups is 2. The van der Waals surface area contributed by atoms with Gasteiger partial charge in [0.25, 0.3) is 11.8 Å². The summed E-state index contributed by atoms with van der Waals surface area (Å²) in [4.78, 5) is 47.3. The van der Waals surface area contributed by atoms with Gasteiger partial charge in [0.05, 0.1) is 42.3 Å². The number of rotatable bonds is 10. The molecule has 1 saturated heterocycles. The molecule has 0 saturated carbocycles. The minimum atomic E-state index is -0.464. The first-order valence-electron chi connectivity index (χ1n) is 14.9. The Hall–Kier alpha value is -4.51. The average Bonchev–Trinajstić information content (AvgIpc) is 3.35. The van der Waals surface area contributed by atoms with Crippen LogP contribution in [0, 0.1) is 6.92 Å². The Morgan fingerprint density at radius 2 is 1.70 bits per heavy atom. The first-order valence-corrected chi connectivity index (χ1v) is 14.9. The lowest BCUT2D eigenvalue weighted by Crippen LogP contribution is -2.46. The average molecular weight is 598 g/mol. The Morgan fingerprint density at radius 1 is 1.00 bits per heavy atom. The summed E-state index contributed by atoms with van der Waals surface area (Å²) in [5, 5.41) is 11.1. The highest BCUT2D eigenvalue weighted by Crippen LogP contribution is 2.39. The SMILES string of the molecule is COC(=O)c1cc2c(cc1C)/C(=C(/Nc1ccc(C(=O)N(OCCN3CCNCC3)C(C)C)cc1)c1ccccc1)C(=O)N2. The summed E-state index contributed by atoms with van der Waals surface area (Å²) in [5.41, 5.74) is 5.38. The summed E-state index contributed by atoms with van der Waals surface area (Å²) in [6.07, 6.45) is 0. The van der Waals surface area contributed by atoms with E-state index in [4.69, 9.17) is 9.57 Å². The Kier molecular flexibility index (Phi) is 9.74. The van der Waals surface area contributed by atoms with Gasteiger partial charge >= 0.3 is 5.97 Å². The van der Waals surface area contributed by atoms with Gasteiger partial charge in [-0.25, -0.2) is 9.86 Å². The number of esters is 1. The molecule has 2 heterocycles. The van der Waals surface area contributed by atoms with Crippen LogP contribution >= 0.6 is 0 Å². The van der Waals surface area contributed by atoms with E-state index in [2.05, 4.69) is 20.9 Å². The highest BCUT2D eigenvalue weighted by molar-refractivity contribution is 6.37. The maximum Gasteiger partial charge on any atom is 0.338 e. The number of aryl methyl sites for hydroxylation is 1. The number of hydrogen-bond donors (Lipinski definition) is 3. The Labute approximate surface area is 258 Å². The fourth-order valence-corrected chi connectivity index (χ4v) is 5.40. The van der Waals surface area contributed by atoms with E-state index < -0.39 is 5.97 Å². The number of hydrogen-bond acceptors (Lipinski definition) is 8. The molecular weight excluding hydrogens is 558 g/mol. The molecule has 5 rings (SSSR count). The number of benzene rings is 3. The first-order chi connectivity index (χ1) is 21.3. The van der Waals surface area contributed by atoms with Crippen molar-refractivity contribution >= 4 is 40.4 Å². The largest absolute Gasteiger partial charge is 0.465 e. The molecule has 2 aliphatic rings. The van der Waals surface area contributed by atoms with Gasteiger partial charge in [0.2, 0.25) is 0 Å². The van der Waals surface area contributed by atoms with Crippen LogP contribution in [-0.4, -0.2) is 80.2 Å². The fraction of sp³-hybridized carbons (Fsp3) is 0.324. The second kappa shape index (κ2) is 13.9. The van der Waals surface area contributed by atoms with Crippen LogP contribution in [-0.2, 0) is 14.4 Å². The summed E-state index contributed by atoms with van der Waals surface area (Å²) in [6, 6.07) is 20.0. The lowest BCUT2D eigenvalue weighted by molar-refractivity contribution is -0.145. The summed E-state index contributed by atoms with van der Waals surface area (Å²) >= 11 is 0. The predicted molar refractivity (Wildman–Crippen MR) is 171 cm³/mol. The maximum absolute atomic E-state index is 13.4. The lowest BCUT2D eigenvalue weighted by Gasteiger charge is -2.30. The van der Waals surface area contributed by atoms with E-state index in [1.807, 2.05) is 69.3 Å². The van der Waals surface area contributed by atoms with Crippen molar-refractivity contribution < 1.29 is 24.0 Å². The van der Waals surface area contributed by atoms with Crippen molar-refractivity contribution in [3.63, 3.8) is 0 Å². The van der Waals surface area contributed by atoms with Crippen LogP contribution in [0.5, 0.6) is 0 Å². The zero-order valence-electron chi connectivity index (χ0n) is 25.6. The predicted octanol–water partition coefficient (Wildman–Crippen LogP) is 4.40. The summed E-state index contributed by atoms with van der Waals surface area (Å²) in [7, 11) is 1.33. The fourth-order valence-electron chi connectivity index (χ4n) is 5.40. The highest BCUT2D eigenvalue weighted by Gasteiger charge is 2.30. The molecule has 10 heteroatoms. The minimum absolute atomic E-state index is 0.137. The van der Waals surface area contributed by atoms with Crippen LogP contribution in [0.2, 0.25) is 0 Å². The summed E-state index contributed by atoms with van der Waals surface area (Å²) in [6.45, 7) is 10.7. The molecule has 0 aromatic heterocycles. The number of methoxy groups -OCH3 is 1. The lowest BCUT2D eigenvalue weighted by atomic mass is 9.96. The molecule has 0 atom stereocenters. The molecule has 0 unspecified atom stereocenters. The third-order valence-electron chi connectivity index (χ3n) is 7.74. The van der Waals surface area contributed by atoms with Gasteiger partial charge in [-0.3, -0.25) is 19.3 Å². The van der Waals surface area contributed by atoms with Crippen molar-refractivity contribution in [2.45, 2.75) is 26.8 Å². The van der Waals surface area contributed by atoms with E-state index >= 15 is 0 Å². The van der Waals surface area contributed by atoms with Crippen molar-refractivity contribution in [3.05, 3.63) is 94.5 Å². The number of nitrogens with one attached hydrogen (secondary N) is 3. The molecule has 44 heavy (non-hydrogen) atoms. The summed E-state index contributed by atoms with van der Waals surface area (Å²) < 4.78 is 4.91. The van der Waals surface area contributed by atoms with Gasteiger partial charge in [0.15, 0.2) is 0 Å². The molecule has 10 nitrogen and oxygen atoms in total. The van der Waals surface area contributed by atoms with Gasteiger partial charge in [-0.15, -0.1) is 0 Å². The van der Waals surface area contributed by atoms with Crippen molar-refractivity contribution in [3.8, 4) is 0 Å². The topological polar surface area (TPSA) is 112 Å². The Bertz CT molecular complexity index is 1550. The van der Waals surface area contributed by atoms with Crippen LogP contribution in [0.3, 0.4) is 0 Å². The summed E-state index contributed by atoms with van der Waals surface area (Å²) in [5.74, 6) is -0.964. The molecule has 0 spiro atoms. The number of fused-ring (bicyclic) bond motifs is 1. The van der Waals surface area contributed by atoms with Crippen molar-refractivity contribution in [1.82, 2.24) is 15.3 Å². The van der Waals surface area contributed by atoms with E-state index in [1.165, 1.54) is 12.2 Å². The number of piperazine rings is 1. The number of carbonyl (C=O) groups excluding carboxylic acids is 3. The Balaban J connectivity index is 1.39. The van der Waals surface area contributed by atoms with Crippen LogP contribution in [0.25, 0.3) is 11.3 Å². The second-order valence-corrected chi connectivity index (χ2v) is 11.1. The molecular formula is C34H39N5O5.